The van der Waals surface area contributed by atoms with E-state index in [-0.39, 0.29) is 35.5 Å². The molecule has 0 bridgehead atoms. The van der Waals surface area contributed by atoms with E-state index in [0.29, 0.717) is 11.5 Å². The number of esters is 2. The summed E-state index contributed by atoms with van der Waals surface area (Å²) >= 11 is 0. The van der Waals surface area contributed by atoms with Crippen LogP contribution in [-0.4, -0.2) is 18.0 Å². The normalized spacial score (nSPS) is 33.0. The van der Waals surface area contributed by atoms with E-state index in [0.717, 1.165) is 36.1 Å². The third-order valence-electron chi connectivity index (χ3n) is 6.88. The SMILES string of the molecule is C/C=C(/C)C(=O)O[C@H]1CC[C@H]2Cc3occ(C)c3[C@H](OC(C)=O)[C@]2(C)[C@@H]1C. The van der Waals surface area contributed by atoms with Crippen molar-refractivity contribution < 1.29 is 23.5 Å². The number of furan rings is 1. The van der Waals surface area contributed by atoms with Gasteiger partial charge in [0.1, 0.15) is 18.0 Å². The highest BCUT2D eigenvalue weighted by Crippen LogP contribution is 2.60. The molecule has 0 spiro atoms. The molecule has 1 aromatic rings. The van der Waals surface area contributed by atoms with Gasteiger partial charge in [0.15, 0.2) is 0 Å². The van der Waals surface area contributed by atoms with E-state index < -0.39 is 0 Å². The first-order valence-electron chi connectivity index (χ1n) is 9.78. The molecule has 148 valence electrons. The Bertz CT molecular complexity index is 774. The number of fused-ring (bicyclic) bond motifs is 2. The number of allylic oxidation sites excluding steroid dienone is 1. The molecule has 0 aliphatic heterocycles. The van der Waals surface area contributed by atoms with Crippen LogP contribution in [0.15, 0.2) is 22.3 Å². The Morgan fingerprint density at radius 2 is 1.96 bits per heavy atom. The number of carbonyl (C=O) groups is 2. The Balaban J connectivity index is 1.98. The van der Waals surface area contributed by atoms with Crippen molar-refractivity contribution in [2.45, 2.75) is 73.0 Å². The summed E-state index contributed by atoms with van der Waals surface area (Å²) in [6.45, 7) is 11.3. The highest BCUT2D eigenvalue weighted by molar-refractivity contribution is 5.87. The third kappa shape index (κ3) is 3.21. The van der Waals surface area contributed by atoms with Gasteiger partial charge in [-0.3, -0.25) is 4.79 Å². The number of hydrogen-bond donors (Lipinski definition) is 0. The molecule has 0 N–H and O–H groups in total. The maximum atomic E-state index is 12.3. The fraction of sp³-hybridized carbons (Fsp3) is 0.636. The molecule has 27 heavy (non-hydrogen) atoms. The molecule has 1 heterocycles. The molecule has 2 aliphatic carbocycles. The van der Waals surface area contributed by atoms with Crippen LogP contribution in [0.25, 0.3) is 0 Å². The first-order chi connectivity index (χ1) is 12.7. The largest absolute Gasteiger partial charge is 0.469 e. The van der Waals surface area contributed by atoms with Gasteiger partial charge in [0.05, 0.1) is 6.26 Å². The van der Waals surface area contributed by atoms with Crippen molar-refractivity contribution in [2.75, 3.05) is 0 Å². The minimum Gasteiger partial charge on any atom is -0.469 e. The monoisotopic (exact) mass is 374 g/mol. The van der Waals surface area contributed by atoms with Gasteiger partial charge in [-0.1, -0.05) is 19.9 Å². The van der Waals surface area contributed by atoms with Gasteiger partial charge < -0.3 is 13.9 Å². The molecular weight excluding hydrogens is 344 g/mol. The average Bonchev–Trinajstić information content (AvgIpc) is 2.98. The summed E-state index contributed by atoms with van der Waals surface area (Å²) in [4.78, 5) is 24.3. The molecule has 0 unspecified atom stereocenters. The van der Waals surface area contributed by atoms with Crippen LogP contribution in [0.4, 0.5) is 0 Å². The molecule has 5 nitrogen and oxygen atoms in total. The van der Waals surface area contributed by atoms with Crippen molar-refractivity contribution in [1.29, 1.82) is 0 Å². The van der Waals surface area contributed by atoms with Gasteiger partial charge in [-0.05, 0) is 45.1 Å². The van der Waals surface area contributed by atoms with Crippen molar-refractivity contribution in [3.05, 3.63) is 34.8 Å². The van der Waals surface area contributed by atoms with Crippen LogP contribution in [0.1, 0.15) is 70.5 Å². The molecular formula is C22H30O5. The molecule has 5 atom stereocenters. The van der Waals surface area contributed by atoms with Crippen LogP contribution < -0.4 is 0 Å². The summed E-state index contributed by atoms with van der Waals surface area (Å²) in [5.41, 5.74) is 2.29. The van der Waals surface area contributed by atoms with Gasteiger partial charge in [-0.15, -0.1) is 0 Å². The van der Waals surface area contributed by atoms with Crippen LogP contribution in [0, 0.1) is 24.2 Å². The van der Waals surface area contributed by atoms with Gasteiger partial charge in [0, 0.05) is 35.8 Å². The molecule has 5 heteroatoms. The second-order valence-electron chi connectivity index (χ2n) is 8.29. The smallest absolute Gasteiger partial charge is 0.333 e. The number of rotatable bonds is 3. The van der Waals surface area contributed by atoms with Crippen molar-refractivity contribution in [1.82, 2.24) is 0 Å². The van der Waals surface area contributed by atoms with Crippen molar-refractivity contribution >= 4 is 11.9 Å². The summed E-state index contributed by atoms with van der Waals surface area (Å²) in [6.07, 6.45) is 5.48. The van der Waals surface area contributed by atoms with E-state index in [9.17, 15) is 9.59 Å². The fourth-order valence-corrected chi connectivity index (χ4v) is 4.89. The van der Waals surface area contributed by atoms with Crippen LogP contribution in [0.2, 0.25) is 0 Å². The number of carbonyl (C=O) groups excluding carboxylic acids is 2. The molecule has 1 aromatic heterocycles. The Labute approximate surface area is 161 Å². The highest BCUT2D eigenvalue weighted by Gasteiger charge is 2.57. The minimum atomic E-state index is -0.387. The minimum absolute atomic E-state index is 0.0525. The molecule has 0 saturated heterocycles. The second-order valence-corrected chi connectivity index (χ2v) is 8.29. The average molecular weight is 374 g/mol. The summed E-state index contributed by atoms with van der Waals surface area (Å²) in [5.74, 6) is 0.721. The molecule has 0 radical (unpaired) electrons. The number of aryl methyl sites for hydroxylation is 1. The summed E-state index contributed by atoms with van der Waals surface area (Å²) < 4.78 is 17.5. The lowest BCUT2D eigenvalue weighted by Crippen LogP contribution is -2.53. The second kappa shape index (κ2) is 7.17. The van der Waals surface area contributed by atoms with E-state index in [1.165, 1.54) is 6.92 Å². The van der Waals surface area contributed by atoms with Gasteiger partial charge in [0.2, 0.25) is 0 Å². The summed E-state index contributed by atoms with van der Waals surface area (Å²) in [7, 11) is 0. The fourth-order valence-electron chi connectivity index (χ4n) is 4.89. The zero-order chi connectivity index (χ0) is 19.9. The third-order valence-corrected chi connectivity index (χ3v) is 6.88. The maximum Gasteiger partial charge on any atom is 0.333 e. The van der Waals surface area contributed by atoms with Crippen molar-refractivity contribution in [3.63, 3.8) is 0 Å². The highest BCUT2D eigenvalue weighted by atomic mass is 16.6. The van der Waals surface area contributed by atoms with Gasteiger partial charge in [-0.2, -0.15) is 0 Å². The zero-order valence-corrected chi connectivity index (χ0v) is 17.1. The standard InChI is InChI=1S/C22H30O5/c1-7-12(2)21(24)27-17-9-8-16-10-18-19(13(3)11-25-18)20(26-15(5)23)22(16,6)14(17)4/h7,11,14,16-17,20H,8-10H2,1-6H3/b12-7-/t14-,16+,17+,20+,22-/m1/s1. The van der Waals surface area contributed by atoms with E-state index in [4.69, 9.17) is 13.9 Å². The van der Waals surface area contributed by atoms with Gasteiger partial charge in [0.25, 0.3) is 0 Å². The molecule has 3 rings (SSSR count). The molecule has 0 aromatic carbocycles. The lowest BCUT2D eigenvalue weighted by molar-refractivity contribution is -0.184. The topological polar surface area (TPSA) is 65.7 Å². The Kier molecular flexibility index (Phi) is 5.24. The van der Waals surface area contributed by atoms with E-state index in [1.54, 1.807) is 19.3 Å². The first-order valence-corrected chi connectivity index (χ1v) is 9.78. The van der Waals surface area contributed by atoms with Crippen molar-refractivity contribution in [2.24, 2.45) is 17.3 Å². The lowest BCUT2D eigenvalue weighted by Gasteiger charge is -2.54. The van der Waals surface area contributed by atoms with Crippen molar-refractivity contribution in [3.8, 4) is 0 Å². The maximum absolute atomic E-state index is 12.3. The van der Waals surface area contributed by atoms with E-state index in [2.05, 4.69) is 13.8 Å². The van der Waals surface area contributed by atoms with E-state index in [1.807, 2.05) is 13.8 Å². The van der Waals surface area contributed by atoms with Gasteiger partial charge >= 0.3 is 11.9 Å². The van der Waals surface area contributed by atoms with E-state index >= 15 is 0 Å². The number of ether oxygens (including phenoxy) is 2. The Morgan fingerprint density at radius 1 is 1.26 bits per heavy atom. The molecule has 2 aliphatic rings. The van der Waals surface area contributed by atoms with Crippen LogP contribution in [0.3, 0.4) is 0 Å². The predicted octanol–water partition coefficient (Wildman–Crippen LogP) is 4.68. The lowest BCUT2D eigenvalue weighted by atomic mass is 9.53. The summed E-state index contributed by atoms with van der Waals surface area (Å²) in [6, 6.07) is 0. The van der Waals surface area contributed by atoms with Crippen LogP contribution >= 0.6 is 0 Å². The van der Waals surface area contributed by atoms with Crippen LogP contribution in [-0.2, 0) is 25.5 Å². The summed E-state index contributed by atoms with van der Waals surface area (Å²) in [5, 5.41) is 0. The number of hydrogen-bond acceptors (Lipinski definition) is 5. The van der Waals surface area contributed by atoms with Crippen LogP contribution in [0.5, 0.6) is 0 Å². The first kappa shape index (κ1) is 19.7. The molecule has 1 fully saturated rings. The van der Waals surface area contributed by atoms with Gasteiger partial charge in [-0.25, -0.2) is 4.79 Å². The quantitative estimate of drug-likeness (QED) is 0.568. The zero-order valence-electron chi connectivity index (χ0n) is 17.1. The molecule has 0 amide bonds. The molecule has 1 saturated carbocycles. The Hall–Kier alpha value is -2.04. The Morgan fingerprint density at radius 3 is 2.59 bits per heavy atom. The predicted molar refractivity (Wildman–Crippen MR) is 101 cm³/mol.